The number of hydrogen-bond donors (Lipinski definition) is 3. The van der Waals surface area contributed by atoms with Gasteiger partial charge in [-0.1, -0.05) is 23.2 Å². The van der Waals surface area contributed by atoms with Crippen molar-refractivity contribution in [3.05, 3.63) is 62.9 Å². The highest BCUT2D eigenvalue weighted by Crippen LogP contribution is 2.36. The number of aromatic hydroxyl groups is 1. The first-order valence-electron chi connectivity index (χ1n) is 13.8. The SMILES string of the molecule is COCCN1CCN(c2cc(NC(=O)Cn3cc(-c4cc(Cl)c(O)c(C(N)=O)c4)c4c(=O)n(C)cnc43)c(Cl)cn2)[C@@H](C)C1. The van der Waals surface area contributed by atoms with Gasteiger partial charge in [-0.15, -0.1) is 0 Å². The number of hydrogen-bond acceptors (Lipinski definition) is 9. The van der Waals surface area contributed by atoms with Gasteiger partial charge in [0.25, 0.3) is 11.5 Å². The summed E-state index contributed by atoms with van der Waals surface area (Å²) < 4.78 is 8.02. The molecular weight excluding hydrogens is 611 g/mol. The summed E-state index contributed by atoms with van der Waals surface area (Å²) in [6.07, 6.45) is 4.43. The van der Waals surface area contributed by atoms with E-state index >= 15 is 0 Å². The van der Waals surface area contributed by atoms with Crippen molar-refractivity contribution in [1.82, 2.24) is 24.0 Å². The molecule has 5 rings (SSSR count). The molecule has 0 unspecified atom stereocenters. The van der Waals surface area contributed by atoms with E-state index in [4.69, 9.17) is 33.7 Å². The van der Waals surface area contributed by atoms with Crippen molar-refractivity contribution >= 4 is 57.6 Å². The van der Waals surface area contributed by atoms with Crippen LogP contribution in [0.1, 0.15) is 17.3 Å². The van der Waals surface area contributed by atoms with Gasteiger partial charge in [-0.2, -0.15) is 0 Å². The van der Waals surface area contributed by atoms with Crippen LogP contribution in [-0.2, 0) is 23.1 Å². The lowest BCUT2D eigenvalue weighted by molar-refractivity contribution is -0.116. The number of piperazine rings is 1. The Labute approximate surface area is 262 Å². The fourth-order valence-electron chi connectivity index (χ4n) is 5.37. The van der Waals surface area contributed by atoms with Crippen molar-refractivity contribution in [1.29, 1.82) is 0 Å². The zero-order valence-corrected chi connectivity index (χ0v) is 25.9. The number of amides is 2. The number of nitrogens with zero attached hydrogens (tertiary/aromatic N) is 6. The van der Waals surface area contributed by atoms with Crippen LogP contribution >= 0.6 is 23.2 Å². The van der Waals surface area contributed by atoms with E-state index in [1.807, 2.05) is 0 Å². The lowest BCUT2D eigenvalue weighted by Gasteiger charge is -2.40. The van der Waals surface area contributed by atoms with Gasteiger partial charge in [0.05, 0.1) is 45.8 Å². The molecule has 3 aromatic heterocycles. The van der Waals surface area contributed by atoms with Gasteiger partial charge in [-0.3, -0.25) is 19.3 Å². The summed E-state index contributed by atoms with van der Waals surface area (Å²) in [5.41, 5.74) is 6.17. The molecule has 1 saturated heterocycles. The van der Waals surface area contributed by atoms with E-state index in [-0.39, 0.29) is 44.8 Å². The van der Waals surface area contributed by atoms with Gasteiger partial charge >= 0.3 is 0 Å². The number of carbonyl (C=O) groups excluding carboxylic acids is 2. The Hall–Kier alpha value is -4.17. The van der Waals surface area contributed by atoms with E-state index in [1.54, 1.807) is 26.4 Å². The van der Waals surface area contributed by atoms with E-state index < -0.39 is 17.6 Å². The molecule has 2 amide bonds. The summed E-state index contributed by atoms with van der Waals surface area (Å²) in [6.45, 7) is 5.88. The number of pyridine rings is 1. The smallest absolute Gasteiger partial charge is 0.263 e. The Balaban J connectivity index is 1.42. The average molecular weight is 644 g/mol. The number of halogens is 2. The van der Waals surface area contributed by atoms with Gasteiger partial charge in [0, 0.05) is 64.2 Å². The topological polar surface area (TPSA) is 161 Å². The third-order valence-electron chi connectivity index (χ3n) is 7.62. The van der Waals surface area contributed by atoms with Crippen molar-refractivity contribution in [3.8, 4) is 16.9 Å². The van der Waals surface area contributed by atoms with Crippen molar-refractivity contribution in [2.45, 2.75) is 19.5 Å². The monoisotopic (exact) mass is 642 g/mol. The Morgan fingerprint density at radius 3 is 2.66 bits per heavy atom. The minimum Gasteiger partial charge on any atom is -0.506 e. The van der Waals surface area contributed by atoms with Gasteiger partial charge in [0.2, 0.25) is 5.91 Å². The number of aryl methyl sites for hydroxylation is 1. The molecule has 0 aliphatic carbocycles. The maximum absolute atomic E-state index is 13.3. The molecule has 1 atom stereocenters. The van der Waals surface area contributed by atoms with Crippen LogP contribution in [0.15, 0.2) is 41.7 Å². The molecular formula is C29H32Cl2N8O5. The van der Waals surface area contributed by atoms with Crippen molar-refractivity contribution in [2.75, 3.05) is 50.1 Å². The summed E-state index contributed by atoms with van der Waals surface area (Å²) in [6, 6.07) is 4.68. The summed E-state index contributed by atoms with van der Waals surface area (Å²) in [7, 11) is 3.24. The van der Waals surface area contributed by atoms with Crippen LogP contribution in [0.5, 0.6) is 5.75 Å². The predicted octanol–water partition coefficient (Wildman–Crippen LogP) is 2.70. The second kappa shape index (κ2) is 12.8. The molecule has 0 spiro atoms. The van der Waals surface area contributed by atoms with Crippen LogP contribution in [0.3, 0.4) is 0 Å². The molecule has 0 bridgehead atoms. The number of primary amides is 1. The second-order valence-corrected chi connectivity index (χ2v) is 11.5. The third-order valence-corrected chi connectivity index (χ3v) is 8.21. The van der Waals surface area contributed by atoms with Gasteiger partial charge in [0.15, 0.2) is 0 Å². The molecule has 1 fully saturated rings. The number of ether oxygens (including phenoxy) is 1. The molecule has 0 radical (unpaired) electrons. The number of carbonyl (C=O) groups is 2. The first kappa shape index (κ1) is 31.3. The van der Waals surface area contributed by atoms with Crippen molar-refractivity contribution < 1.29 is 19.4 Å². The van der Waals surface area contributed by atoms with Crippen LogP contribution in [-0.4, -0.2) is 86.9 Å². The Kier molecular flexibility index (Phi) is 9.11. The third kappa shape index (κ3) is 6.22. The maximum atomic E-state index is 13.3. The Morgan fingerprint density at radius 2 is 1.95 bits per heavy atom. The number of rotatable bonds is 9. The number of anilines is 2. The fraction of sp³-hybridized carbons (Fsp3) is 0.345. The molecule has 4 heterocycles. The number of nitrogens with two attached hydrogens (primary N) is 1. The predicted molar refractivity (Wildman–Crippen MR) is 169 cm³/mol. The molecule has 0 saturated carbocycles. The van der Waals surface area contributed by atoms with Crippen molar-refractivity contribution in [2.24, 2.45) is 12.8 Å². The zero-order chi connectivity index (χ0) is 31.7. The number of benzene rings is 1. The first-order valence-corrected chi connectivity index (χ1v) is 14.5. The largest absolute Gasteiger partial charge is 0.506 e. The molecule has 4 aromatic rings. The van der Waals surface area contributed by atoms with Crippen molar-refractivity contribution in [3.63, 3.8) is 0 Å². The van der Waals surface area contributed by atoms with E-state index in [0.717, 1.165) is 26.2 Å². The van der Waals surface area contributed by atoms with E-state index in [9.17, 15) is 19.5 Å². The average Bonchev–Trinajstić information content (AvgIpc) is 3.34. The minimum atomic E-state index is -0.892. The number of methoxy groups -OCH3 is 1. The molecule has 1 aliphatic rings. The number of nitrogens with one attached hydrogen (secondary N) is 1. The van der Waals surface area contributed by atoms with Crippen LogP contribution in [0.4, 0.5) is 11.5 Å². The summed E-state index contributed by atoms with van der Waals surface area (Å²) in [5, 5.41) is 13.4. The highest BCUT2D eigenvalue weighted by Gasteiger charge is 2.26. The quantitative estimate of drug-likeness (QED) is 0.249. The zero-order valence-electron chi connectivity index (χ0n) is 24.4. The van der Waals surface area contributed by atoms with Crippen LogP contribution in [0.2, 0.25) is 10.0 Å². The molecule has 1 aromatic carbocycles. The molecule has 13 nitrogen and oxygen atoms in total. The maximum Gasteiger partial charge on any atom is 0.263 e. The van der Waals surface area contributed by atoms with E-state index in [0.29, 0.717) is 29.2 Å². The van der Waals surface area contributed by atoms with Crippen LogP contribution < -0.4 is 21.5 Å². The first-order chi connectivity index (χ1) is 21.0. The molecule has 44 heavy (non-hydrogen) atoms. The number of fused-ring (bicyclic) bond motifs is 1. The van der Waals surface area contributed by atoms with E-state index in [2.05, 4.69) is 32.0 Å². The van der Waals surface area contributed by atoms with Gasteiger partial charge in [-0.05, 0) is 24.6 Å². The normalized spacial score (nSPS) is 15.6. The number of phenols is 1. The summed E-state index contributed by atoms with van der Waals surface area (Å²) in [4.78, 5) is 51.9. The van der Waals surface area contributed by atoms with Gasteiger partial charge in [0.1, 0.15) is 23.8 Å². The molecule has 1 aliphatic heterocycles. The number of aromatic nitrogens is 4. The van der Waals surface area contributed by atoms with Crippen LogP contribution in [0.25, 0.3) is 22.2 Å². The summed E-state index contributed by atoms with van der Waals surface area (Å²) in [5.74, 6) is -1.09. The summed E-state index contributed by atoms with van der Waals surface area (Å²) >= 11 is 12.6. The Bertz CT molecular complexity index is 1810. The standard InChI is InChI=1S/C29H32Cl2N8O5/c1-16-12-37(6-7-44-3)4-5-39(16)23-10-22(21(31)11-33-23)35-24(40)14-38-13-19(25-28(38)34-15-36(2)29(25)43)17-8-18(27(32)42)26(41)20(30)9-17/h8-11,13,15-16,41H,4-7,12,14H2,1-3H3,(H2,32,42)(H,33,35,40)/t16-/m0/s1. The lowest BCUT2D eigenvalue weighted by atomic mass is 10.0. The molecule has 15 heteroatoms. The van der Waals surface area contributed by atoms with Crippen LogP contribution in [0, 0.1) is 0 Å². The van der Waals surface area contributed by atoms with Gasteiger partial charge in [-0.25, -0.2) is 9.97 Å². The highest BCUT2D eigenvalue weighted by molar-refractivity contribution is 6.34. The second-order valence-electron chi connectivity index (χ2n) is 10.7. The fourth-order valence-corrected chi connectivity index (χ4v) is 5.74. The minimum absolute atomic E-state index is 0.121. The highest BCUT2D eigenvalue weighted by atomic mass is 35.5. The molecule has 232 valence electrons. The lowest BCUT2D eigenvalue weighted by Crippen LogP contribution is -2.52. The molecule has 4 N–H and O–H groups in total. The van der Waals surface area contributed by atoms with Gasteiger partial charge < -0.3 is 34.9 Å². The Morgan fingerprint density at radius 1 is 1.18 bits per heavy atom. The van der Waals surface area contributed by atoms with E-state index in [1.165, 1.54) is 33.8 Å².